The van der Waals surface area contributed by atoms with E-state index < -0.39 is 0 Å². The molecule has 2 rings (SSSR count). The Bertz CT molecular complexity index is 289. The predicted molar refractivity (Wildman–Crippen MR) is 62.8 cm³/mol. The van der Waals surface area contributed by atoms with Crippen molar-refractivity contribution >= 4 is 28.3 Å². The Kier molecular flexibility index (Phi) is 4.81. The van der Waals surface area contributed by atoms with Crippen LogP contribution in [-0.2, 0) is 0 Å². The number of nitrogens with zero attached hydrogens (tertiary/aromatic N) is 1. The number of hydrogen-bond donors (Lipinski definition) is 2. The SMILES string of the molecule is Brc1cncc([C@@H]2CNCCN2)c1.Cl. The summed E-state index contributed by atoms with van der Waals surface area (Å²) in [6.45, 7) is 3.06. The van der Waals surface area contributed by atoms with Crippen molar-refractivity contribution in [3.8, 4) is 0 Å². The minimum atomic E-state index is 0. The number of piperazine rings is 1. The van der Waals surface area contributed by atoms with Gasteiger partial charge in [0.05, 0.1) is 0 Å². The molecule has 5 heteroatoms. The van der Waals surface area contributed by atoms with Gasteiger partial charge in [-0.2, -0.15) is 0 Å². The fourth-order valence-corrected chi connectivity index (χ4v) is 1.89. The van der Waals surface area contributed by atoms with Crippen LogP contribution in [0, 0.1) is 0 Å². The third-order valence-corrected chi connectivity index (χ3v) is 2.60. The van der Waals surface area contributed by atoms with Crippen LogP contribution in [0.5, 0.6) is 0 Å². The van der Waals surface area contributed by atoms with Gasteiger partial charge in [0.15, 0.2) is 0 Å². The highest BCUT2D eigenvalue weighted by Crippen LogP contribution is 2.16. The molecule has 78 valence electrons. The van der Waals surface area contributed by atoms with Crippen molar-refractivity contribution in [3.05, 3.63) is 28.5 Å². The van der Waals surface area contributed by atoms with E-state index in [1.54, 1.807) is 6.20 Å². The van der Waals surface area contributed by atoms with Crippen LogP contribution in [0.25, 0.3) is 0 Å². The topological polar surface area (TPSA) is 37.0 Å². The van der Waals surface area contributed by atoms with Crippen molar-refractivity contribution in [2.24, 2.45) is 0 Å². The number of rotatable bonds is 1. The van der Waals surface area contributed by atoms with Gasteiger partial charge in [0.25, 0.3) is 0 Å². The van der Waals surface area contributed by atoms with E-state index in [9.17, 15) is 0 Å². The summed E-state index contributed by atoms with van der Waals surface area (Å²) < 4.78 is 1.04. The fraction of sp³-hybridized carbons (Fsp3) is 0.444. The Morgan fingerprint density at radius 2 is 2.21 bits per heavy atom. The summed E-state index contributed by atoms with van der Waals surface area (Å²) in [6.07, 6.45) is 3.72. The van der Waals surface area contributed by atoms with Gasteiger partial charge >= 0.3 is 0 Å². The van der Waals surface area contributed by atoms with Crippen LogP contribution >= 0.6 is 28.3 Å². The first-order valence-corrected chi connectivity index (χ1v) is 5.20. The molecular weight excluding hydrogens is 265 g/mol. The zero-order chi connectivity index (χ0) is 9.10. The van der Waals surface area contributed by atoms with Gasteiger partial charge in [-0.3, -0.25) is 4.98 Å². The smallest absolute Gasteiger partial charge is 0.0462 e. The van der Waals surface area contributed by atoms with E-state index in [0.717, 1.165) is 24.1 Å². The first kappa shape index (κ1) is 11.9. The van der Waals surface area contributed by atoms with E-state index in [0.29, 0.717) is 6.04 Å². The van der Waals surface area contributed by atoms with Gasteiger partial charge in [-0.15, -0.1) is 12.4 Å². The molecule has 1 atom stereocenters. The summed E-state index contributed by atoms with van der Waals surface area (Å²) in [4.78, 5) is 4.14. The lowest BCUT2D eigenvalue weighted by Gasteiger charge is -2.24. The van der Waals surface area contributed by atoms with Crippen LogP contribution in [0.2, 0.25) is 0 Å². The van der Waals surface area contributed by atoms with Gasteiger partial charge < -0.3 is 10.6 Å². The van der Waals surface area contributed by atoms with Crippen molar-refractivity contribution in [2.45, 2.75) is 6.04 Å². The van der Waals surface area contributed by atoms with E-state index in [2.05, 4.69) is 37.6 Å². The van der Waals surface area contributed by atoms with Crippen molar-refractivity contribution < 1.29 is 0 Å². The molecule has 0 spiro atoms. The van der Waals surface area contributed by atoms with Gasteiger partial charge in [0, 0.05) is 42.5 Å². The third-order valence-electron chi connectivity index (χ3n) is 2.17. The third kappa shape index (κ3) is 2.92. The summed E-state index contributed by atoms with van der Waals surface area (Å²) in [5.74, 6) is 0. The van der Waals surface area contributed by atoms with E-state index in [1.165, 1.54) is 5.56 Å². The zero-order valence-electron chi connectivity index (χ0n) is 7.66. The first-order valence-electron chi connectivity index (χ1n) is 4.41. The molecule has 14 heavy (non-hydrogen) atoms. The van der Waals surface area contributed by atoms with Crippen LogP contribution in [-0.4, -0.2) is 24.6 Å². The Balaban J connectivity index is 0.000000980. The van der Waals surface area contributed by atoms with E-state index in [1.807, 2.05) is 6.20 Å². The van der Waals surface area contributed by atoms with Crippen LogP contribution in [0.4, 0.5) is 0 Å². The predicted octanol–water partition coefficient (Wildman–Crippen LogP) is 1.50. The molecule has 2 N–H and O–H groups in total. The van der Waals surface area contributed by atoms with E-state index in [4.69, 9.17) is 0 Å². The Hall–Kier alpha value is -0.160. The lowest BCUT2D eigenvalue weighted by molar-refractivity contribution is 0.429. The summed E-state index contributed by atoms with van der Waals surface area (Å²) in [6, 6.07) is 2.51. The second-order valence-electron chi connectivity index (χ2n) is 3.15. The highest BCUT2D eigenvalue weighted by Gasteiger charge is 2.14. The number of nitrogens with one attached hydrogen (secondary N) is 2. The quantitative estimate of drug-likeness (QED) is 0.817. The average molecular weight is 279 g/mol. The Morgan fingerprint density at radius 3 is 2.86 bits per heavy atom. The second kappa shape index (κ2) is 5.66. The highest BCUT2D eigenvalue weighted by atomic mass is 79.9. The van der Waals surface area contributed by atoms with Gasteiger partial charge in [-0.05, 0) is 27.6 Å². The maximum atomic E-state index is 4.14. The van der Waals surface area contributed by atoms with Crippen LogP contribution in [0.1, 0.15) is 11.6 Å². The zero-order valence-corrected chi connectivity index (χ0v) is 10.1. The van der Waals surface area contributed by atoms with Crippen molar-refractivity contribution in [3.63, 3.8) is 0 Å². The average Bonchev–Trinajstić information content (AvgIpc) is 2.19. The lowest BCUT2D eigenvalue weighted by atomic mass is 10.1. The molecule has 0 radical (unpaired) electrons. The van der Waals surface area contributed by atoms with Crippen LogP contribution < -0.4 is 10.6 Å². The molecule has 0 bridgehead atoms. The molecule has 0 aromatic carbocycles. The highest BCUT2D eigenvalue weighted by molar-refractivity contribution is 9.10. The molecular formula is C9H13BrClN3. The number of hydrogen-bond acceptors (Lipinski definition) is 3. The standard InChI is InChI=1S/C9H12BrN3.ClH/c10-8-3-7(4-12-5-8)9-6-11-1-2-13-9;/h3-5,9,11,13H,1-2,6H2;1H/t9-;/m0./s1. The molecule has 1 fully saturated rings. The Morgan fingerprint density at radius 1 is 1.36 bits per heavy atom. The summed E-state index contributed by atoms with van der Waals surface area (Å²) in [5.41, 5.74) is 1.24. The normalized spacial score (nSPS) is 21.4. The van der Waals surface area contributed by atoms with Crippen LogP contribution in [0.3, 0.4) is 0 Å². The molecule has 1 aromatic heterocycles. The van der Waals surface area contributed by atoms with Gasteiger partial charge in [0.2, 0.25) is 0 Å². The van der Waals surface area contributed by atoms with Crippen LogP contribution in [0.15, 0.2) is 22.9 Å². The van der Waals surface area contributed by atoms with Crippen molar-refractivity contribution in [1.82, 2.24) is 15.6 Å². The summed E-state index contributed by atoms with van der Waals surface area (Å²) >= 11 is 3.42. The molecule has 1 saturated heterocycles. The van der Waals surface area contributed by atoms with Crippen molar-refractivity contribution in [2.75, 3.05) is 19.6 Å². The minimum Gasteiger partial charge on any atom is -0.314 e. The number of aromatic nitrogens is 1. The molecule has 0 unspecified atom stereocenters. The molecule has 1 aliphatic rings. The largest absolute Gasteiger partial charge is 0.314 e. The first-order chi connectivity index (χ1) is 6.36. The molecule has 0 aliphatic carbocycles. The lowest BCUT2D eigenvalue weighted by Crippen LogP contribution is -2.42. The van der Waals surface area contributed by atoms with Gasteiger partial charge in [-0.25, -0.2) is 0 Å². The van der Waals surface area contributed by atoms with E-state index >= 15 is 0 Å². The van der Waals surface area contributed by atoms with Gasteiger partial charge in [-0.1, -0.05) is 0 Å². The maximum absolute atomic E-state index is 4.14. The fourth-order valence-electron chi connectivity index (χ4n) is 1.51. The molecule has 2 heterocycles. The molecule has 1 aliphatic heterocycles. The molecule has 0 amide bonds. The van der Waals surface area contributed by atoms with E-state index in [-0.39, 0.29) is 12.4 Å². The summed E-state index contributed by atoms with van der Waals surface area (Å²) in [5, 5.41) is 6.79. The number of pyridine rings is 1. The second-order valence-corrected chi connectivity index (χ2v) is 4.06. The monoisotopic (exact) mass is 277 g/mol. The summed E-state index contributed by atoms with van der Waals surface area (Å²) in [7, 11) is 0. The minimum absolute atomic E-state index is 0. The Labute approximate surface area is 98.2 Å². The van der Waals surface area contributed by atoms with Gasteiger partial charge in [0.1, 0.15) is 0 Å². The maximum Gasteiger partial charge on any atom is 0.0462 e. The van der Waals surface area contributed by atoms with Crippen molar-refractivity contribution in [1.29, 1.82) is 0 Å². The molecule has 3 nitrogen and oxygen atoms in total. The molecule has 0 saturated carbocycles. The molecule has 1 aromatic rings. The number of halogens is 2.